The molecule has 0 aliphatic carbocycles. The van der Waals surface area contributed by atoms with Gasteiger partial charge < -0.3 is 4.74 Å². The summed E-state index contributed by atoms with van der Waals surface area (Å²) in [7, 11) is 1.87. The summed E-state index contributed by atoms with van der Waals surface area (Å²) in [6.45, 7) is 6.43. The van der Waals surface area contributed by atoms with Crippen LogP contribution in [0.15, 0.2) is 18.2 Å². The average molecular weight is 265 g/mol. The number of ether oxygens (including phenoxy) is 1. The van der Waals surface area contributed by atoms with Crippen molar-refractivity contribution in [3.05, 3.63) is 45.7 Å². The smallest absolute Gasteiger partial charge is 0.131 e. The maximum Gasteiger partial charge on any atom is 0.131 e. The van der Waals surface area contributed by atoms with Crippen LogP contribution in [0.1, 0.15) is 22.5 Å². The number of aryl methyl sites for hydroxylation is 4. The minimum atomic E-state index is 0.431. The Balaban J connectivity index is 2.16. The maximum absolute atomic E-state index is 6.18. The van der Waals surface area contributed by atoms with Gasteiger partial charge in [-0.2, -0.15) is 5.10 Å². The first kappa shape index (κ1) is 13.0. The molecule has 0 aliphatic heterocycles. The molecule has 0 radical (unpaired) electrons. The van der Waals surface area contributed by atoms with Gasteiger partial charge >= 0.3 is 0 Å². The quantitative estimate of drug-likeness (QED) is 0.847. The van der Waals surface area contributed by atoms with Gasteiger partial charge in [0.15, 0.2) is 0 Å². The summed E-state index contributed by atoms with van der Waals surface area (Å²) in [4.78, 5) is 0. The van der Waals surface area contributed by atoms with E-state index in [0.717, 1.165) is 22.7 Å². The predicted molar refractivity (Wildman–Crippen MR) is 73.2 cm³/mol. The highest BCUT2D eigenvalue weighted by atomic mass is 35.5. The molecule has 0 unspecified atom stereocenters. The van der Waals surface area contributed by atoms with Crippen LogP contribution in [-0.4, -0.2) is 9.78 Å². The number of hydrogen-bond donors (Lipinski definition) is 0. The summed E-state index contributed by atoms with van der Waals surface area (Å²) in [5.41, 5.74) is 4.09. The molecule has 4 heteroatoms. The molecule has 0 saturated heterocycles. The second-order valence-corrected chi connectivity index (χ2v) is 4.91. The molecule has 0 bridgehead atoms. The van der Waals surface area contributed by atoms with Crippen molar-refractivity contribution in [1.29, 1.82) is 0 Å². The Morgan fingerprint density at radius 3 is 2.56 bits per heavy atom. The summed E-state index contributed by atoms with van der Waals surface area (Å²) < 4.78 is 7.57. The van der Waals surface area contributed by atoms with E-state index in [-0.39, 0.29) is 0 Å². The molecular weight excluding hydrogens is 248 g/mol. The van der Waals surface area contributed by atoms with Gasteiger partial charge in [0.1, 0.15) is 12.4 Å². The van der Waals surface area contributed by atoms with E-state index in [0.29, 0.717) is 11.6 Å². The van der Waals surface area contributed by atoms with Crippen LogP contribution in [0, 0.1) is 20.8 Å². The average Bonchev–Trinajstić information content (AvgIpc) is 2.53. The zero-order chi connectivity index (χ0) is 13.3. The first-order valence-electron chi connectivity index (χ1n) is 5.87. The van der Waals surface area contributed by atoms with Crippen LogP contribution in [0.5, 0.6) is 5.75 Å². The highest BCUT2D eigenvalue weighted by Gasteiger charge is 2.12. The number of rotatable bonds is 3. The van der Waals surface area contributed by atoms with Gasteiger partial charge in [-0.3, -0.25) is 4.68 Å². The van der Waals surface area contributed by atoms with Gasteiger partial charge in [0.2, 0.25) is 0 Å². The fraction of sp³-hybridized carbons (Fsp3) is 0.357. The molecule has 1 aromatic carbocycles. The fourth-order valence-corrected chi connectivity index (χ4v) is 2.16. The van der Waals surface area contributed by atoms with Gasteiger partial charge in [-0.05, 0) is 32.4 Å². The third kappa shape index (κ3) is 2.51. The molecule has 0 atom stereocenters. The van der Waals surface area contributed by atoms with Crippen molar-refractivity contribution in [2.75, 3.05) is 0 Å². The first-order valence-corrected chi connectivity index (χ1v) is 6.25. The minimum absolute atomic E-state index is 0.431. The number of aromatic nitrogens is 2. The summed E-state index contributed by atoms with van der Waals surface area (Å²) in [6, 6.07) is 6.13. The van der Waals surface area contributed by atoms with Crippen molar-refractivity contribution in [3.8, 4) is 5.75 Å². The Morgan fingerprint density at radius 2 is 2.00 bits per heavy atom. The van der Waals surface area contributed by atoms with Crippen molar-refractivity contribution in [1.82, 2.24) is 9.78 Å². The second-order valence-electron chi connectivity index (χ2n) is 4.53. The molecule has 1 aromatic heterocycles. The number of benzene rings is 1. The number of nitrogens with zero attached hydrogens (tertiary/aromatic N) is 2. The van der Waals surface area contributed by atoms with Gasteiger partial charge in [-0.1, -0.05) is 29.3 Å². The van der Waals surface area contributed by atoms with E-state index in [9.17, 15) is 0 Å². The van der Waals surface area contributed by atoms with Gasteiger partial charge in [0, 0.05) is 7.05 Å². The van der Waals surface area contributed by atoms with E-state index in [1.165, 1.54) is 5.56 Å². The molecule has 0 spiro atoms. The van der Waals surface area contributed by atoms with Crippen molar-refractivity contribution in [2.24, 2.45) is 7.05 Å². The molecular formula is C14H17ClN2O. The first-order chi connectivity index (χ1) is 8.49. The summed E-state index contributed by atoms with van der Waals surface area (Å²) >= 11 is 6.18. The summed E-state index contributed by atoms with van der Waals surface area (Å²) in [5, 5.41) is 4.95. The van der Waals surface area contributed by atoms with Crippen LogP contribution >= 0.6 is 11.6 Å². The lowest BCUT2D eigenvalue weighted by atomic mass is 10.1. The third-order valence-electron chi connectivity index (χ3n) is 2.96. The van der Waals surface area contributed by atoms with E-state index in [4.69, 9.17) is 16.3 Å². The highest BCUT2D eigenvalue weighted by molar-refractivity contribution is 6.31. The molecule has 0 aliphatic rings. The monoisotopic (exact) mass is 264 g/mol. The van der Waals surface area contributed by atoms with E-state index < -0.39 is 0 Å². The molecule has 0 saturated carbocycles. The second kappa shape index (κ2) is 5.02. The summed E-state index contributed by atoms with van der Waals surface area (Å²) in [5.74, 6) is 0.885. The molecule has 18 heavy (non-hydrogen) atoms. The zero-order valence-electron chi connectivity index (χ0n) is 11.1. The fourth-order valence-electron chi connectivity index (χ4n) is 1.94. The molecule has 0 fully saturated rings. The van der Waals surface area contributed by atoms with Gasteiger partial charge in [0.25, 0.3) is 0 Å². The van der Waals surface area contributed by atoms with Crippen molar-refractivity contribution < 1.29 is 4.74 Å². The lowest BCUT2D eigenvalue weighted by Gasteiger charge is -2.10. The van der Waals surface area contributed by atoms with Crippen molar-refractivity contribution in [2.45, 2.75) is 27.4 Å². The Kier molecular flexibility index (Phi) is 3.62. The Bertz CT molecular complexity index is 575. The summed E-state index contributed by atoms with van der Waals surface area (Å²) in [6.07, 6.45) is 0. The van der Waals surface area contributed by atoms with Gasteiger partial charge in [0.05, 0.1) is 16.4 Å². The SMILES string of the molecule is Cc1ccc(OCc2c(Cl)c(C)nn2C)c(C)c1. The van der Waals surface area contributed by atoms with Crippen LogP contribution in [0.3, 0.4) is 0 Å². The van der Waals surface area contributed by atoms with Crippen LogP contribution in [0.4, 0.5) is 0 Å². The van der Waals surface area contributed by atoms with Crippen molar-refractivity contribution in [3.63, 3.8) is 0 Å². The Morgan fingerprint density at radius 1 is 1.28 bits per heavy atom. The predicted octanol–water partition coefficient (Wildman–Crippen LogP) is 3.58. The van der Waals surface area contributed by atoms with Crippen LogP contribution < -0.4 is 4.74 Å². The Labute approximate surface area is 112 Å². The maximum atomic E-state index is 6.18. The van der Waals surface area contributed by atoms with Gasteiger partial charge in [-0.25, -0.2) is 0 Å². The Hall–Kier alpha value is -1.48. The topological polar surface area (TPSA) is 27.1 Å². The lowest BCUT2D eigenvalue weighted by molar-refractivity contribution is 0.293. The molecule has 0 N–H and O–H groups in total. The standard InChI is InChI=1S/C14H17ClN2O/c1-9-5-6-13(10(2)7-9)18-8-12-14(15)11(3)16-17(12)4/h5-7H,8H2,1-4H3. The molecule has 96 valence electrons. The van der Waals surface area contributed by atoms with Crippen LogP contribution in [0.2, 0.25) is 5.02 Å². The third-order valence-corrected chi connectivity index (χ3v) is 3.45. The molecule has 3 nitrogen and oxygen atoms in total. The van der Waals surface area contributed by atoms with E-state index in [1.807, 2.05) is 33.0 Å². The van der Waals surface area contributed by atoms with E-state index in [2.05, 4.69) is 18.1 Å². The zero-order valence-corrected chi connectivity index (χ0v) is 11.9. The number of hydrogen-bond acceptors (Lipinski definition) is 2. The van der Waals surface area contributed by atoms with Crippen LogP contribution in [-0.2, 0) is 13.7 Å². The number of halogens is 1. The largest absolute Gasteiger partial charge is 0.487 e. The highest BCUT2D eigenvalue weighted by Crippen LogP contribution is 2.23. The lowest BCUT2D eigenvalue weighted by Crippen LogP contribution is -2.04. The molecule has 2 rings (SSSR count). The molecule has 0 amide bonds. The van der Waals surface area contributed by atoms with Crippen molar-refractivity contribution >= 4 is 11.6 Å². The van der Waals surface area contributed by atoms with Gasteiger partial charge in [-0.15, -0.1) is 0 Å². The van der Waals surface area contributed by atoms with E-state index in [1.54, 1.807) is 4.68 Å². The normalized spacial score (nSPS) is 10.7. The van der Waals surface area contributed by atoms with E-state index >= 15 is 0 Å². The minimum Gasteiger partial charge on any atom is -0.487 e. The molecule has 2 aromatic rings. The molecule has 1 heterocycles. The van der Waals surface area contributed by atoms with Crippen LogP contribution in [0.25, 0.3) is 0 Å².